The van der Waals surface area contributed by atoms with Gasteiger partial charge in [0, 0.05) is 17.9 Å². The van der Waals surface area contributed by atoms with Crippen molar-refractivity contribution in [3.05, 3.63) is 57.2 Å². The molecule has 154 valence electrons. The molecule has 0 aliphatic carbocycles. The highest BCUT2D eigenvalue weighted by Crippen LogP contribution is 2.25. The minimum Gasteiger partial charge on any atom is -0.303 e. The van der Waals surface area contributed by atoms with Crippen molar-refractivity contribution in [3.8, 4) is 0 Å². The predicted octanol–water partition coefficient (Wildman–Crippen LogP) is 4.90. The van der Waals surface area contributed by atoms with Crippen LogP contribution in [-0.4, -0.2) is 34.1 Å². The van der Waals surface area contributed by atoms with Crippen LogP contribution in [0.3, 0.4) is 0 Å². The van der Waals surface area contributed by atoms with Crippen molar-refractivity contribution in [2.24, 2.45) is 0 Å². The van der Waals surface area contributed by atoms with E-state index in [1.807, 2.05) is 11.4 Å². The summed E-state index contributed by atoms with van der Waals surface area (Å²) in [4.78, 5) is 20.1. The van der Waals surface area contributed by atoms with Gasteiger partial charge in [-0.25, -0.2) is 13.8 Å². The lowest BCUT2D eigenvalue weighted by molar-refractivity contribution is 0.221. The molecule has 1 fully saturated rings. The van der Waals surface area contributed by atoms with E-state index in [9.17, 15) is 13.6 Å². The highest BCUT2D eigenvalue weighted by atomic mass is 32.2. The SMILES string of the molecule is O=c1c2sccc2nc(SCc2cc(F)ccc2F)n1CCCN1CCCCC1. The van der Waals surface area contributed by atoms with Crippen molar-refractivity contribution < 1.29 is 8.78 Å². The normalized spacial score (nSPS) is 15.2. The second-order valence-corrected chi connectivity index (χ2v) is 9.13. The Hall–Kier alpha value is -1.77. The molecule has 4 nitrogen and oxygen atoms in total. The minimum atomic E-state index is -0.470. The Bertz CT molecular complexity index is 1040. The Morgan fingerprint density at radius 2 is 1.93 bits per heavy atom. The summed E-state index contributed by atoms with van der Waals surface area (Å²) < 4.78 is 29.8. The predicted molar refractivity (Wildman–Crippen MR) is 115 cm³/mol. The molecule has 1 aliphatic heterocycles. The lowest BCUT2D eigenvalue weighted by Crippen LogP contribution is -2.32. The number of thiophene rings is 1. The fourth-order valence-electron chi connectivity index (χ4n) is 3.66. The van der Waals surface area contributed by atoms with Gasteiger partial charge in [-0.2, -0.15) is 0 Å². The fourth-order valence-corrected chi connectivity index (χ4v) is 5.44. The molecule has 29 heavy (non-hydrogen) atoms. The molecule has 1 aromatic carbocycles. The summed E-state index contributed by atoms with van der Waals surface area (Å²) in [6, 6.07) is 5.26. The first-order chi connectivity index (χ1) is 14.1. The highest BCUT2D eigenvalue weighted by molar-refractivity contribution is 7.98. The van der Waals surface area contributed by atoms with Gasteiger partial charge >= 0.3 is 0 Å². The average molecular weight is 436 g/mol. The molecular formula is C21H23F2N3OS2. The lowest BCUT2D eigenvalue weighted by Gasteiger charge is -2.26. The molecule has 0 bridgehead atoms. The third-order valence-electron chi connectivity index (χ3n) is 5.20. The smallest absolute Gasteiger partial charge is 0.272 e. The molecule has 2 aromatic heterocycles. The summed E-state index contributed by atoms with van der Waals surface area (Å²) in [7, 11) is 0. The van der Waals surface area contributed by atoms with Crippen LogP contribution in [0.5, 0.6) is 0 Å². The number of fused-ring (bicyclic) bond motifs is 1. The third-order valence-corrected chi connectivity index (χ3v) is 7.12. The number of hydrogen-bond acceptors (Lipinski definition) is 5. The largest absolute Gasteiger partial charge is 0.303 e. The lowest BCUT2D eigenvalue weighted by atomic mass is 10.1. The van der Waals surface area contributed by atoms with Crippen molar-refractivity contribution in [3.63, 3.8) is 0 Å². The number of rotatable bonds is 7. The van der Waals surface area contributed by atoms with Crippen molar-refractivity contribution in [1.29, 1.82) is 0 Å². The molecule has 1 aliphatic rings. The number of aromatic nitrogens is 2. The van der Waals surface area contributed by atoms with Crippen LogP contribution in [0.25, 0.3) is 10.2 Å². The highest BCUT2D eigenvalue weighted by Gasteiger charge is 2.15. The number of halogens is 2. The van der Waals surface area contributed by atoms with Gasteiger partial charge in [0.25, 0.3) is 5.56 Å². The van der Waals surface area contributed by atoms with Crippen molar-refractivity contribution in [2.45, 2.75) is 43.1 Å². The van der Waals surface area contributed by atoms with E-state index in [1.165, 1.54) is 48.4 Å². The van der Waals surface area contributed by atoms with E-state index in [2.05, 4.69) is 9.88 Å². The number of benzene rings is 1. The average Bonchev–Trinajstić information content (AvgIpc) is 3.20. The molecule has 0 saturated carbocycles. The second kappa shape index (κ2) is 9.36. The van der Waals surface area contributed by atoms with Crippen LogP contribution in [0, 0.1) is 11.6 Å². The van der Waals surface area contributed by atoms with E-state index >= 15 is 0 Å². The van der Waals surface area contributed by atoms with Crippen LogP contribution in [-0.2, 0) is 12.3 Å². The zero-order chi connectivity index (χ0) is 20.2. The van der Waals surface area contributed by atoms with Gasteiger partial charge in [0.15, 0.2) is 5.16 Å². The van der Waals surface area contributed by atoms with Crippen LogP contribution < -0.4 is 5.56 Å². The maximum atomic E-state index is 14.0. The summed E-state index contributed by atoms with van der Waals surface area (Å²) >= 11 is 2.67. The van der Waals surface area contributed by atoms with E-state index in [0.29, 0.717) is 21.9 Å². The molecule has 4 rings (SSSR count). The van der Waals surface area contributed by atoms with Crippen molar-refractivity contribution >= 4 is 33.3 Å². The van der Waals surface area contributed by atoms with E-state index in [4.69, 9.17) is 0 Å². The molecule has 0 radical (unpaired) electrons. The molecule has 0 amide bonds. The number of likely N-dealkylation sites (tertiary alicyclic amines) is 1. The number of thioether (sulfide) groups is 1. The van der Waals surface area contributed by atoms with Gasteiger partial charge in [-0.05, 0) is 68.5 Å². The Morgan fingerprint density at radius 3 is 2.76 bits per heavy atom. The molecule has 3 aromatic rings. The summed E-state index contributed by atoms with van der Waals surface area (Å²) in [5.74, 6) is -0.700. The van der Waals surface area contributed by atoms with Crippen LogP contribution >= 0.6 is 23.1 Å². The number of hydrogen-bond donors (Lipinski definition) is 0. The standard InChI is InChI=1S/C21H23F2N3OS2/c22-16-5-6-17(23)15(13-16)14-29-21-24-18-7-12-28-19(18)20(27)26(21)11-4-10-25-8-2-1-3-9-25/h5-7,12-13H,1-4,8-11,14H2. The summed E-state index contributed by atoms with van der Waals surface area (Å²) in [6.45, 7) is 3.77. The van der Waals surface area contributed by atoms with Gasteiger partial charge in [-0.1, -0.05) is 18.2 Å². The third kappa shape index (κ3) is 4.87. The molecule has 0 spiro atoms. The van der Waals surface area contributed by atoms with E-state index in [0.717, 1.165) is 38.2 Å². The molecule has 0 atom stereocenters. The van der Waals surface area contributed by atoms with Crippen molar-refractivity contribution in [2.75, 3.05) is 19.6 Å². The van der Waals surface area contributed by atoms with Crippen LogP contribution in [0.1, 0.15) is 31.2 Å². The number of piperidine rings is 1. The zero-order valence-electron chi connectivity index (χ0n) is 16.1. The first-order valence-corrected chi connectivity index (χ1v) is 11.8. The number of nitrogens with zero attached hydrogens (tertiary/aromatic N) is 3. The Morgan fingerprint density at radius 1 is 1.10 bits per heavy atom. The zero-order valence-corrected chi connectivity index (χ0v) is 17.7. The minimum absolute atomic E-state index is 0.0501. The molecule has 0 unspecified atom stereocenters. The van der Waals surface area contributed by atoms with Crippen molar-refractivity contribution in [1.82, 2.24) is 14.5 Å². The van der Waals surface area contributed by atoms with E-state index in [1.54, 1.807) is 4.57 Å². The first-order valence-electron chi connectivity index (χ1n) is 9.89. The maximum Gasteiger partial charge on any atom is 0.272 e. The quantitative estimate of drug-likeness (QED) is 0.391. The van der Waals surface area contributed by atoms with Gasteiger partial charge in [0.05, 0.1) is 5.52 Å². The van der Waals surface area contributed by atoms with Gasteiger partial charge in [0.2, 0.25) is 0 Å². The van der Waals surface area contributed by atoms with Gasteiger partial charge in [-0.3, -0.25) is 9.36 Å². The van der Waals surface area contributed by atoms with Crippen LogP contribution in [0.15, 0.2) is 39.6 Å². The molecule has 0 N–H and O–H groups in total. The maximum absolute atomic E-state index is 14.0. The Kier molecular flexibility index (Phi) is 6.62. The first kappa shape index (κ1) is 20.5. The summed E-state index contributed by atoms with van der Waals surface area (Å²) in [5, 5.41) is 2.42. The van der Waals surface area contributed by atoms with Crippen LogP contribution in [0.2, 0.25) is 0 Å². The monoisotopic (exact) mass is 435 g/mol. The second-order valence-electron chi connectivity index (χ2n) is 7.27. The molecule has 1 saturated heterocycles. The Labute approximate surface area is 176 Å². The fraction of sp³-hybridized carbons (Fsp3) is 0.429. The van der Waals surface area contributed by atoms with Gasteiger partial charge in [-0.15, -0.1) is 11.3 Å². The topological polar surface area (TPSA) is 38.1 Å². The van der Waals surface area contributed by atoms with E-state index in [-0.39, 0.29) is 16.9 Å². The van der Waals surface area contributed by atoms with Crippen LogP contribution in [0.4, 0.5) is 8.78 Å². The Balaban J connectivity index is 1.53. The van der Waals surface area contributed by atoms with Gasteiger partial charge < -0.3 is 4.90 Å². The van der Waals surface area contributed by atoms with E-state index < -0.39 is 11.6 Å². The summed E-state index contributed by atoms with van der Waals surface area (Å²) in [5.41, 5.74) is 0.884. The molecule has 8 heteroatoms. The van der Waals surface area contributed by atoms with Gasteiger partial charge in [0.1, 0.15) is 16.3 Å². The molecular weight excluding hydrogens is 412 g/mol. The molecule has 3 heterocycles. The summed E-state index contributed by atoms with van der Waals surface area (Å²) in [6.07, 6.45) is 4.64.